The van der Waals surface area contributed by atoms with Gasteiger partial charge in [-0.15, -0.1) is 0 Å². The molecule has 0 aromatic heterocycles. The predicted molar refractivity (Wildman–Crippen MR) is 94.9 cm³/mol. The van der Waals surface area contributed by atoms with Crippen LogP contribution in [0.3, 0.4) is 0 Å². The normalized spacial score (nSPS) is 19.2. The number of likely N-dealkylation sites (tertiary alicyclic amines) is 1. The van der Waals surface area contributed by atoms with E-state index in [1.165, 1.54) is 12.1 Å². The maximum Gasteiger partial charge on any atom is 0.253 e. The van der Waals surface area contributed by atoms with Crippen molar-refractivity contribution in [3.05, 3.63) is 29.8 Å². The van der Waals surface area contributed by atoms with Crippen molar-refractivity contribution in [3.63, 3.8) is 0 Å². The van der Waals surface area contributed by atoms with E-state index in [0.717, 1.165) is 38.8 Å². The lowest BCUT2D eigenvalue weighted by Gasteiger charge is -2.41. The van der Waals surface area contributed by atoms with Crippen molar-refractivity contribution in [1.29, 1.82) is 0 Å². The van der Waals surface area contributed by atoms with Crippen LogP contribution in [-0.4, -0.2) is 52.1 Å². The summed E-state index contributed by atoms with van der Waals surface area (Å²) in [4.78, 5) is 14.2. The van der Waals surface area contributed by atoms with Crippen LogP contribution < -0.4 is 4.72 Å². The summed E-state index contributed by atoms with van der Waals surface area (Å²) in [7, 11) is -3.64. The largest absolute Gasteiger partial charge is 0.381 e. The highest BCUT2D eigenvalue weighted by atomic mass is 32.2. The number of rotatable bonds is 8. The van der Waals surface area contributed by atoms with E-state index in [4.69, 9.17) is 4.74 Å². The van der Waals surface area contributed by atoms with Gasteiger partial charge in [0, 0.05) is 37.2 Å². The molecule has 0 unspecified atom stereocenters. The van der Waals surface area contributed by atoms with Crippen molar-refractivity contribution >= 4 is 15.9 Å². The van der Waals surface area contributed by atoms with Gasteiger partial charge in [-0.25, -0.2) is 13.1 Å². The average molecular weight is 366 g/mol. The summed E-state index contributed by atoms with van der Waals surface area (Å²) in [6, 6.07) is 6.30. The van der Waals surface area contributed by atoms with Gasteiger partial charge in [-0.3, -0.25) is 4.79 Å². The highest BCUT2D eigenvalue weighted by Gasteiger charge is 2.38. The third-order valence-corrected chi connectivity index (χ3v) is 6.60. The lowest BCUT2D eigenvalue weighted by molar-refractivity contribution is 0.00270. The minimum Gasteiger partial charge on any atom is -0.381 e. The van der Waals surface area contributed by atoms with Crippen LogP contribution >= 0.6 is 0 Å². The lowest BCUT2D eigenvalue weighted by atomic mass is 9.69. The van der Waals surface area contributed by atoms with Crippen LogP contribution in [0.5, 0.6) is 0 Å². The molecule has 6 nitrogen and oxygen atoms in total. The van der Waals surface area contributed by atoms with E-state index in [0.29, 0.717) is 25.3 Å². The van der Waals surface area contributed by atoms with Gasteiger partial charge in [-0.05, 0) is 44.4 Å². The van der Waals surface area contributed by atoms with Crippen LogP contribution in [0.4, 0.5) is 0 Å². The Morgan fingerprint density at radius 1 is 1.28 bits per heavy atom. The molecule has 0 bridgehead atoms. The van der Waals surface area contributed by atoms with Crippen molar-refractivity contribution in [2.75, 3.05) is 32.8 Å². The molecule has 138 valence electrons. The Hall–Kier alpha value is -1.44. The van der Waals surface area contributed by atoms with E-state index in [-0.39, 0.29) is 16.2 Å². The number of hydrogen-bond acceptors (Lipinski definition) is 4. The average Bonchev–Trinajstić information content (AvgIpc) is 2.52. The summed E-state index contributed by atoms with van der Waals surface area (Å²) >= 11 is 0. The second kappa shape index (κ2) is 7.43. The molecular weight excluding hydrogens is 340 g/mol. The Kier molecular flexibility index (Phi) is 5.46. The summed E-state index contributed by atoms with van der Waals surface area (Å²) in [5.41, 5.74) is 0.337. The molecule has 1 aromatic rings. The van der Waals surface area contributed by atoms with Crippen molar-refractivity contribution < 1.29 is 17.9 Å². The number of benzene rings is 1. The van der Waals surface area contributed by atoms with E-state index in [9.17, 15) is 13.2 Å². The molecule has 1 heterocycles. The fourth-order valence-electron chi connectivity index (χ4n) is 3.20. The van der Waals surface area contributed by atoms with Crippen molar-refractivity contribution in [3.8, 4) is 0 Å². The quantitative estimate of drug-likeness (QED) is 0.764. The lowest BCUT2D eigenvalue weighted by Crippen LogP contribution is -2.45. The molecule has 7 heteroatoms. The Morgan fingerprint density at radius 2 is 2.04 bits per heavy atom. The first kappa shape index (κ1) is 18.4. The summed E-state index contributed by atoms with van der Waals surface area (Å²) < 4.78 is 33.5. The maximum atomic E-state index is 12.6. The second-order valence-corrected chi connectivity index (χ2v) is 8.76. The van der Waals surface area contributed by atoms with Crippen LogP contribution in [0.1, 0.15) is 43.0 Å². The Morgan fingerprint density at radius 3 is 2.60 bits per heavy atom. The van der Waals surface area contributed by atoms with Crippen LogP contribution in [-0.2, 0) is 14.8 Å². The van der Waals surface area contributed by atoms with Gasteiger partial charge in [0.2, 0.25) is 10.0 Å². The van der Waals surface area contributed by atoms with Crippen LogP contribution in [0, 0.1) is 5.41 Å². The van der Waals surface area contributed by atoms with Gasteiger partial charge in [0.05, 0.1) is 11.5 Å². The first-order valence-electron chi connectivity index (χ1n) is 8.93. The number of nitrogens with zero attached hydrogens (tertiary/aromatic N) is 1. The molecule has 1 aliphatic heterocycles. The van der Waals surface area contributed by atoms with E-state index in [1.54, 1.807) is 17.0 Å². The fourth-order valence-corrected chi connectivity index (χ4v) is 4.40. The van der Waals surface area contributed by atoms with E-state index < -0.39 is 10.0 Å². The zero-order valence-electron chi connectivity index (χ0n) is 14.7. The maximum absolute atomic E-state index is 12.6. The molecule has 1 saturated carbocycles. The highest BCUT2D eigenvalue weighted by molar-refractivity contribution is 7.89. The van der Waals surface area contributed by atoms with Gasteiger partial charge in [-0.2, -0.15) is 0 Å². The SMILES string of the molecule is CCOCC1(CNS(=O)(=O)c2cccc(C(=O)N3CCC3)c2)CCC1. The smallest absolute Gasteiger partial charge is 0.253 e. The molecular formula is C18H26N2O4S. The Labute approximate surface area is 149 Å². The van der Waals surface area contributed by atoms with Gasteiger partial charge in [0.25, 0.3) is 5.91 Å². The second-order valence-electron chi connectivity index (χ2n) is 6.99. The molecule has 0 radical (unpaired) electrons. The summed E-state index contributed by atoms with van der Waals surface area (Å²) in [5.74, 6) is -0.102. The predicted octanol–water partition coefficient (Wildman–Crippen LogP) is 2.02. The van der Waals surface area contributed by atoms with E-state index in [2.05, 4.69) is 4.72 Å². The summed E-state index contributed by atoms with van der Waals surface area (Å²) in [6.45, 7) is 5.02. The number of sulfonamides is 1. The highest BCUT2D eigenvalue weighted by Crippen LogP contribution is 2.40. The third-order valence-electron chi connectivity index (χ3n) is 5.20. The minimum atomic E-state index is -3.64. The van der Waals surface area contributed by atoms with Crippen molar-refractivity contribution in [2.24, 2.45) is 5.41 Å². The number of ether oxygens (including phenoxy) is 1. The molecule has 1 aromatic carbocycles. The zero-order chi connectivity index (χ0) is 17.9. The third kappa shape index (κ3) is 4.04. The van der Waals surface area contributed by atoms with Crippen LogP contribution in [0.25, 0.3) is 0 Å². The first-order chi connectivity index (χ1) is 12.0. The fraction of sp³-hybridized carbons (Fsp3) is 0.611. The molecule has 1 N–H and O–H groups in total. The van der Waals surface area contributed by atoms with Gasteiger partial charge in [-0.1, -0.05) is 12.5 Å². The van der Waals surface area contributed by atoms with E-state index >= 15 is 0 Å². The molecule has 2 fully saturated rings. The number of carbonyl (C=O) groups excluding carboxylic acids is 1. The van der Waals surface area contributed by atoms with Gasteiger partial charge in [0.15, 0.2) is 0 Å². The van der Waals surface area contributed by atoms with Crippen LogP contribution in [0.15, 0.2) is 29.2 Å². The van der Waals surface area contributed by atoms with Gasteiger partial charge in [0.1, 0.15) is 0 Å². The monoisotopic (exact) mass is 366 g/mol. The molecule has 3 rings (SSSR count). The number of nitrogens with one attached hydrogen (secondary N) is 1. The van der Waals surface area contributed by atoms with Crippen LogP contribution in [0.2, 0.25) is 0 Å². The number of amides is 1. The summed E-state index contributed by atoms with van der Waals surface area (Å²) in [5, 5.41) is 0. The molecule has 1 amide bonds. The molecule has 2 aliphatic rings. The van der Waals surface area contributed by atoms with Gasteiger partial charge < -0.3 is 9.64 Å². The zero-order valence-corrected chi connectivity index (χ0v) is 15.5. The van der Waals surface area contributed by atoms with E-state index in [1.807, 2.05) is 6.92 Å². The molecule has 0 spiro atoms. The topological polar surface area (TPSA) is 75.7 Å². The van der Waals surface area contributed by atoms with Crippen molar-refractivity contribution in [1.82, 2.24) is 9.62 Å². The first-order valence-corrected chi connectivity index (χ1v) is 10.4. The number of hydrogen-bond donors (Lipinski definition) is 1. The molecule has 0 atom stereocenters. The molecule has 25 heavy (non-hydrogen) atoms. The van der Waals surface area contributed by atoms with Crippen molar-refractivity contribution in [2.45, 2.75) is 37.5 Å². The Bertz CT molecular complexity index is 724. The number of carbonyl (C=O) groups is 1. The standard InChI is InChI=1S/C18H26N2O4S/c1-2-24-14-18(8-4-9-18)13-19-25(22,23)16-7-3-6-15(12-16)17(21)20-10-5-11-20/h3,6-7,12,19H,2,4-5,8-11,13-14H2,1H3. The molecule has 1 aliphatic carbocycles. The van der Waals surface area contributed by atoms with Gasteiger partial charge >= 0.3 is 0 Å². The molecule has 1 saturated heterocycles. The Balaban J connectivity index is 1.68. The minimum absolute atomic E-state index is 0.0891. The summed E-state index contributed by atoms with van der Waals surface area (Å²) in [6.07, 6.45) is 4.06.